The molecule has 0 saturated carbocycles. The van der Waals surface area contributed by atoms with E-state index in [0.29, 0.717) is 0 Å². The predicted octanol–water partition coefficient (Wildman–Crippen LogP) is 4.89. The van der Waals surface area contributed by atoms with Gasteiger partial charge in [0.15, 0.2) is 0 Å². The lowest BCUT2D eigenvalue weighted by Gasteiger charge is -2.28. The summed E-state index contributed by atoms with van der Waals surface area (Å²) < 4.78 is 6.44. The summed E-state index contributed by atoms with van der Waals surface area (Å²) in [6, 6.07) is 5.84. The van der Waals surface area contributed by atoms with Crippen LogP contribution in [-0.2, 0) is 12.8 Å². The van der Waals surface area contributed by atoms with Crippen LogP contribution < -0.4 is 15.4 Å². The van der Waals surface area contributed by atoms with Crippen molar-refractivity contribution in [1.29, 1.82) is 0 Å². The Bertz CT molecular complexity index is 833. The Morgan fingerprint density at radius 3 is 2.96 bits per heavy atom. The number of nitrogens with one attached hydrogen (secondary N) is 2. The molecule has 0 unspecified atom stereocenters. The lowest BCUT2D eigenvalue weighted by molar-refractivity contribution is 0.0934. The first-order valence-corrected chi connectivity index (χ1v) is 10.3. The minimum atomic E-state index is -0.283. The van der Waals surface area contributed by atoms with Crippen molar-refractivity contribution >= 4 is 38.2 Å². The van der Waals surface area contributed by atoms with Crippen LogP contribution in [0.15, 0.2) is 22.7 Å². The average Bonchev–Trinajstić information content (AvgIpc) is 2.99. The smallest absolute Gasteiger partial charge is 0.256 e. The highest BCUT2D eigenvalue weighted by Gasteiger charge is 2.34. The summed E-state index contributed by atoms with van der Waals surface area (Å²) in [6.07, 6.45) is 4.22. The summed E-state index contributed by atoms with van der Waals surface area (Å²) in [4.78, 5) is 14.2. The van der Waals surface area contributed by atoms with Crippen LogP contribution in [0.2, 0.25) is 0 Å². The molecule has 2 aliphatic rings. The molecule has 0 saturated heterocycles. The van der Waals surface area contributed by atoms with Crippen LogP contribution in [0, 0.1) is 5.92 Å². The molecule has 6 heteroatoms. The van der Waals surface area contributed by atoms with Crippen molar-refractivity contribution in [2.75, 3.05) is 12.4 Å². The van der Waals surface area contributed by atoms with E-state index < -0.39 is 0 Å². The number of thiophene rings is 1. The molecule has 1 aromatic heterocycles. The molecule has 0 spiro atoms. The van der Waals surface area contributed by atoms with Gasteiger partial charge < -0.3 is 15.4 Å². The first kappa shape index (κ1) is 16.9. The maximum atomic E-state index is 12.8. The minimum Gasteiger partial charge on any atom is -0.496 e. The number of hydrogen-bond donors (Lipinski definition) is 2. The van der Waals surface area contributed by atoms with Crippen LogP contribution >= 0.6 is 27.3 Å². The molecule has 4 rings (SSSR count). The van der Waals surface area contributed by atoms with E-state index in [4.69, 9.17) is 4.74 Å². The van der Waals surface area contributed by atoms with Crippen LogP contribution in [0.5, 0.6) is 5.75 Å². The van der Waals surface area contributed by atoms with Crippen LogP contribution in [0.25, 0.3) is 0 Å². The van der Waals surface area contributed by atoms with Crippen molar-refractivity contribution in [3.8, 4) is 5.75 Å². The third kappa shape index (κ3) is 2.95. The van der Waals surface area contributed by atoms with Crippen LogP contribution in [0.1, 0.15) is 52.3 Å². The quantitative estimate of drug-likeness (QED) is 0.742. The van der Waals surface area contributed by atoms with Crippen molar-refractivity contribution in [3.63, 3.8) is 0 Å². The number of halogens is 1. The van der Waals surface area contributed by atoms with Gasteiger partial charge in [-0.1, -0.05) is 29.3 Å². The summed E-state index contributed by atoms with van der Waals surface area (Å²) in [6.45, 7) is 2.25. The van der Waals surface area contributed by atoms with Gasteiger partial charge in [-0.05, 0) is 48.9 Å². The number of benzene rings is 1. The molecule has 1 amide bonds. The van der Waals surface area contributed by atoms with Gasteiger partial charge in [0.25, 0.3) is 5.91 Å². The fraction of sp³-hybridized carbons (Fsp3) is 0.421. The van der Waals surface area contributed by atoms with Crippen molar-refractivity contribution in [1.82, 2.24) is 5.32 Å². The zero-order valence-electron chi connectivity index (χ0n) is 14.3. The average molecular weight is 421 g/mol. The molecule has 1 aliphatic heterocycles. The molecule has 2 N–H and O–H groups in total. The molecule has 2 atom stereocenters. The number of methoxy groups -OCH3 is 1. The van der Waals surface area contributed by atoms with E-state index in [1.165, 1.54) is 23.3 Å². The molecule has 1 aliphatic carbocycles. The summed E-state index contributed by atoms with van der Waals surface area (Å²) in [5.74, 6) is 1.53. The highest BCUT2D eigenvalue weighted by atomic mass is 79.9. The van der Waals surface area contributed by atoms with Gasteiger partial charge in [-0.25, -0.2) is 0 Å². The van der Waals surface area contributed by atoms with Gasteiger partial charge in [0.1, 0.15) is 16.9 Å². The van der Waals surface area contributed by atoms with Crippen LogP contribution in [0.3, 0.4) is 0 Å². The first-order chi connectivity index (χ1) is 12.1. The SMILES string of the molecule is CC[C@@H]1CCc2c(sc3c2C(=O)N[C@@H](c2cc(Br)ccc2OC)N3)C1. The van der Waals surface area contributed by atoms with Crippen molar-refractivity contribution in [3.05, 3.63) is 44.2 Å². The number of amides is 1. The zero-order valence-corrected chi connectivity index (χ0v) is 16.7. The Balaban J connectivity index is 1.70. The Labute approximate surface area is 160 Å². The summed E-state index contributed by atoms with van der Waals surface area (Å²) in [7, 11) is 1.65. The van der Waals surface area contributed by atoms with Crippen molar-refractivity contribution < 1.29 is 9.53 Å². The van der Waals surface area contributed by atoms with Gasteiger partial charge in [0.05, 0.1) is 12.7 Å². The molecule has 2 heterocycles. The lowest BCUT2D eigenvalue weighted by Crippen LogP contribution is -2.38. The Hall–Kier alpha value is -1.53. The van der Waals surface area contributed by atoms with Crippen LogP contribution in [-0.4, -0.2) is 13.0 Å². The van der Waals surface area contributed by atoms with E-state index >= 15 is 0 Å². The lowest BCUT2D eigenvalue weighted by atomic mass is 9.85. The second kappa shape index (κ2) is 6.65. The van der Waals surface area contributed by atoms with E-state index in [0.717, 1.165) is 45.1 Å². The van der Waals surface area contributed by atoms with E-state index in [1.54, 1.807) is 18.4 Å². The van der Waals surface area contributed by atoms with Crippen molar-refractivity contribution in [2.24, 2.45) is 5.92 Å². The topological polar surface area (TPSA) is 50.4 Å². The molecular weight excluding hydrogens is 400 g/mol. The molecule has 4 nitrogen and oxygen atoms in total. The van der Waals surface area contributed by atoms with Gasteiger partial charge >= 0.3 is 0 Å². The number of anilines is 1. The first-order valence-electron chi connectivity index (χ1n) is 8.66. The fourth-order valence-electron chi connectivity index (χ4n) is 3.80. The standard InChI is InChI=1S/C19H21BrN2O2S/c1-3-10-4-6-12-15(8-10)25-19-16(12)18(23)21-17(22-19)13-9-11(20)5-7-14(13)24-2/h5,7,9-10,17,22H,3-4,6,8H2,1-2H3,(H,21,23)/t10-,17-/m1/s1. The van der Waals surface area contributed by atoms with Crippen LogP contribution in [0.4, 0.5) is 5.00 Å². The molecule has 2 aromatic rings. The predicted molar refractivity (Wildman–Crippen MR) is 105 cm³/mol. The molecule has 0 radical (unpaired) electrons. The zero-order chi connectivity index (χ0) is 17.6. The second-order valence-corrected chi connectivity index (χ2v) is 8.68. The number of fused-ring (bicyclic) bond motifs is 3. The van der Waals surface area contributed by atoms with E-state index in [1.807, 2.05) is 18.2 Å². The second-order valence-electron chi connectivity index (χ2n) is 6.66. The third-order valence-electron chi connectivity index (χ3n) is 5.23. The fourth-order valence-corrected chi connectivity index (χ4v) is 5.57. The van der Waals surface area contributed by atoms with Gasteiger partial charge in [-0.3, -0.25) is 4.79 Å². The number of rotatable bonds is 3. The van der Waals surface area contributed by atoms with E-state index in [2.05, 4.69) is 33.5 Å². The van der Waals surface area contributed by atoms with Gasteiger partial charge in [0, 0.05) is 14.9 Å². The maximum Gasteiger partial charge on any atom is 0.256 e. The van der Waals surface area contributed by atoms with E-state index in [-0.39, 0.29) is 12.1 Å². The maximum absolute atomic E-state index is 12.8. The molecule has 25 heavy (non-hydrogen) atoms. The third-order valence-corrected chi connectivity index (χ3v) is 6.90. The largest absolute Gasteiger partial charge is 0.496 e. The minimum absolute atomic E-state index is 0.0215. The molecule has 0 fully saturated rings. The number of carbonyl (C=O) groups excluding carboxylic acids is 1. The molecule has 0 bridgehead atoms. The number of carbonyl (C=O) groups is 1. The monoisotopic (exact) mass is 420 g/mol. The summed E-state index contributed by atoms with van der Waals surface area (Å²) in [5.41, 5.74) is 3.04. The van der Waals surface area contributed by atoms with Gasteiger partial charge in [-0.15, -0.1) is 11.3 Å². The molecule has 1 aromatic carbocycles. The molecule has 132 valence electrons. The highest BCUT2D eigenvalue weighted by Crippen LogP contribution is 2.44. The molecular formula is C19H21BrN2O2S. The Morgan fingerprint density at radius 2 is 2.20 bits per heavy atom. The van der Waals surface area contributed by atoms with Gasteiger partial charge in [-0.2, -0.15) is 0 Å². The number of hydrogen-bond acceptors (Lipinski definition) is 4. The Morgan fingerprint density at radius 1 is 1.36 bits per heavy atom. The number of ether oxygens (including phenoxy) is 1. The van der Waals surface area contributed by atoms with Gasteiger partial charge in [0.2, 0.25) is 0 Å². The van der Waals surface area contributed by atoms with Crippen molar-refractivity contribution in [2.45, 2.75) is 38.8 Å². The van der Waals surface area contributed by atoms with E-state index in [9.17, 15) is 4.79 Å². The highest BCUT2D eigenvalue weighted by molar-refractivity contribution is 9.10. The Kier molecular flexibility index (Phi) is 4.50. The summed E-state index contributed by atoms with van der Waals surface area (Å²) >= 11 is 5.26. The normalized spacial score (nSPS) is 21.8. The summed E-state index contributed by atoms with van der Waals surface area (Å²) in [5, 5.41) is 7.63.